The molecule has 2 N–H and O–H groups in total. The molecule has 0 bridgehead atoms. The van der Waals surface area contributed by atoms with Gasteiger partial charge in [0.05, 0.1) is 6.54 Å². The fourth-order valence-corrected chi connectivity index (χ4v) is 2.59. The van der Waals surface area contributed by atoms with Gasteiger partial charge in [-0.25, -0.2) is 9.50 Å². The highest BCUT2D eigenvalue weighted by Gasteiger charge is 2.29. The van der Waals surface area contributed by atoms with Crippen LogP contribution in [0.2, 0.25) is 0 Å². The van der Waals surface area contributed by atoms with Crippen molar-refractivity contribution in [2.24, 2.45) is 0 Å². The number of carbonyl (C=O) groups excluding carboxylic acids is 1. The molecule has 8 nitrogen and oxygen atoms in total. The minimum Gasteiger partial charge on any atom is -0.466 e. The van der Waals surface area contributed by atoms with Gasteiger partial charge >= 0.3 is 0 Å². The first-order chi connectivity index (χ1) is 11.3. The average molecular weight is 329 g/mol. The van der Waals surface area contributed by atoms with Crippen molar-refractivity contribution in [3.63, 3.8) is 0 Å². The zero-order valence-electron chi connectivity index (χ0n) is 14.0. The highest BCUT2D eigenvalue weighted by atomic mass is 16.3. The van der Waals surface area contributed by atoms with Gasteiger partial charge in [-0.1, -0.05) is 0 Å². The SMILES string of the molecule is Cc1cc([C@@](C)(O)CNC(=O)c2nc3nccc(C)n3n2)c(C)o1. The Labute approximate surface area is 138 Å². The summed E-state index contributed by atoms with van der Waals surface area (Å²) < 4.78 is 6.93. The zero-order chi connectivity index (χ0) is 17.5. The maximum atomic E-state index is 12.3. The first-order valence-electron chi connectivity index (χ1n) is 7.54. The van der Waals surface area contributed by atoms with Crippen molar-refractivity contribution in [1.82, 2.24) is 24.9 Å². The molecule has 0 saturated heterocycles. The largest absolute Gasteiger partial charge is 0.466 e. The molecule has 3 aromatic heterocycles. The summed E-state index contributed by atoms with van der Waals surface area (Å²) >= 11 is 0. The number of aryl methyl sites for hydroxylation is 3. The summed E-state index contributed by atoms with van der Waals surface area (Å²) in [6, 6.07) is 3.54. The van der Waals surface area contributed by atoms with E-state index in [1.165, 1.54) is 4.52 Å². The molecule has 3 aromatic rings. The number of carbonyl (C=O) groups is 1. The van der Waals surface area contributed by atoms with E-state index in [1.807, 2.05) is 6.92 Å². The molecule has 0 aliphatic rings. The molecule has 3 rings (SSSR count). The Hall–Kier alpha value is -2.74. The Morgan fingerprint density at radius 1 is 1.42 bits per heavy atom. The highest BCUT2D eigenvalue weighted by Crippen LogP contribution is 2.26. The van der Waals surface area contributed by atoms with E-state index in [1.54, 1.807) is 39.1 Å². The number of hydrogen-bond acceptors (Lipinski definition) is 6. The van der Waals surface area contributed by atoms with Gasteiger partial charge in [0.15, 0.2) is 0 Å². The van der Waals surface area contributed by atoms with Gasteiger partial charge in [0.1, 0.15) is 17.1 Å². The molecule has 0 fully saturated rings. The summed E-state index contributed by atoms with van der Waals surface area (Å²) in [6.07, 6.45) is 1.61. The summed E-state index contributed by atoms with van der Waals surface area (Å²) in [6.45, 7) is 7.05. The molecular formula is C16H19N5O3. The van der Waals surface area contributed by atoms with Crippen LogP contribution in [0.3, 0.4) is 0 Å². The Bertz CT molecular complexity index is 910. The number of amides is 1. The lowest BCUT2D eigenvalue weighted by atomic mass is 9.96. The second-order valence-corrected chi connectivity index (χ2v) is 6.02. The lowest BCUT2D eigenvalue weighted by Crippen LogP contribution is -2.39. The fraction of sp³-hybridized carbons (Fsp3) is 0.375. The molecule has 0 aromatic carbocycles. The minimum absolute atomic E-state index is 0.00713. The van der Waals surface area contributed by atoms with E-state index in [9.17, 15) is 9.90 Å². The Balaban J connectivity index is 1.76. The smallest absolute Gasteiger partial charge is 0.291 e. The van der Waals surface area contributed by atoms with Crippen molar-refractivity contribution in [3.8, 4) is 0 Å². The molecule has 0 aliphatic carbocycles. The molecule has 1 amide bonds. The molecule has 0 unspecified atom stereocenters. The van der Waals surface area contributed by atoms with Crippen LogP contribution < -0.4 is 5.32 Å². The van der Waals surface area contributed by atoms with Crippen LogP contribution in [-0.2, 0) is 5.60 Å². The molecular weight excluding hydrogens is 310 g/mol. The van der Waals surface area contributed by atoms with Gasteiger partial charge in [-0.3, -0.25) is 4.79 Å². The van der Waals surface area contributed by atoms with Gasteiger partial charge in [0, 0.05) is 17.5 Å². The Morgan fingerprint density at radius 3 is 2.79 bits per heavy atom. The molecule has 8 heteroatoms. The molecule has 1 atom stereocenters. The number of aromatic nitrogens is 4. The number of nitrogens with zero attached hydrogens (tertiary/aromatic N) is 4. The van der Waals surface area contributed by atoms with Crippen molar-refractivity contribution >= 4 is 11.7 Å². The molecule has 24 heavy (non-hydrogen) atoms. The van der Waals surface area contributed by atoms with Crippen LogP contribution in [0.1, 0.15) is 40.3 Å². The predicted molar refractivity (Wildman–Crippen MR) is 85.6 cm³/mol. The summed E-state index contributed by atoms with van der Waals surface area (Å²) in [7, 11) is 0. The van der Waals surface area contributed by atoms with E-state index in [0.29, 0.717) is 22.9 Å². The van der Waals surface area contributed by atoms with Gasteiger partial charge in [-0.2, -0.15) is 4.98 Å². The lowest BCUT2D eigenvalue weighted by molar-refractivity contribution is 0.0511. The number of hydrogen-bond donors (Lipinski definition) is 2. The summed E-state index contributed by atoms with van der Waals surface area (Å²) in [4.78, 5) is 20.4. The van der Waals surface area contributed by atoms with Crippen LogP contribution >= 0.6 is 0 Å². The number of furan rings is 1. The predicted octanol–water partition coefficient (Wildman–Crippen LogP) is 1.28. The summed E-state index contributed by atoms with van der Waals surface area (Å²) in [5.41, 5.74) is 0.203. The Morgan fingerprint density at radius 2 is 2.17 bits per heavy atom. The normalized spacial score (nSPS) is 13.9. The number of fused-ring (bicyclic) bond motifs is 1. The number of rotatable bonds is 4. The van der Waals surface area contributed by atoms with E-state index < -0.39 is 11.5 Å². The van der Waals surface area contributed by atoms with Crippen molar-refractivity contribution in [2.75, 3.05) is 6.54 Å². The van der Waals surface area contributed by atoms with Crippen LogP contribution in [0, 0.1) is 20.8 Å². The molecule has 3 heterocycles. The third kappa shape index (κ3) is 2.88. The van der Waals surface area contributed by atoms with E-state index in [2.05, 4.69) is 20.4 Å². The Kier molecular flexibility index (Phi) is 3.84. The molecule has 0 radical (unpaired) electrons. The highest BCUT2D eigenvalue weighted by molar-refractivity contribution is 5.90. The quantitative estimate of drug-likeness (QED) is 0.747. The van der Waals surface area contributed by atoms with Crippen molar-refractivity contribution < 1.29 is 14.3 Å². The standard InChI is InChI=1S/C16H19N5O3/c1-9-5-6-17-15-19-13(20-21(9)15)14(22)18-8-16(4,23)12-7-10(2)24-11(12)3/h5-7,23H,8H2,1-4H3,(H,18,22)/t16-/m0/s1. The molecule has 126 valence electrons. The summed E-state index contributed by atoms with van der Waals surface area (Å²) in [5, 5.41) is 17.4. The molecule has 0 saturated carbocycles. The second kappa shape index (κ2) is 5.72. The van der Waals surface area contributed by atoms with Crippen LogP contribution in [0.25, 0.3) is 5.78 Å². The maximum absolute atomic E-state index is 12.3. The van der Waals surface area contributed by atoms with Crippen LogP contribution in [-0.4, -0.2) is 37.1 Å². The first kappa shape index (κ1) is 16.1. The molecule has 0 spiro atoms. The van der Waals surface area contributed by atoms with Crippen molar-refractivity contribution in [2.45, 2.75) is 33.3 Å². The van der Waals surface area contributed by atoms with Crippen molar-refractivity contribution in [3.05, 3.63) is 46.9 Å². The van der Waals surface area contributed by atoms with Gasteiger partial charge in [-0.05, 0) is 39.8 Å². The monoisotopic (exact) mass is 329 g/mol. The summed E-state index contributed by atoms with van der Waals surface area (Å²) in [5.74, 6) is 1.22. The van der Waals surface area contributed by atoms with E-state index >= 15 is 0 Å². The third-order valence-corrected chi connectivity index (χ3v) is 3.85. The number of nitrogens with one attached hydrogen (secondary N) is 1. The third-order valence-electron chi connectivity index (χ3n) is 3.85. The van der Waals surface area contributed by atoms with Crippen LogP contribution in [0.4, 0.5) is 0 Å². The topological polar surface area (TPSA) is 106 Å². The maximum Gasteiger partial charge on any atom is 0.291 e. The number of aliphatic hydroxyl groups is 1. The minimum atomic E-state index is -1.26. The van der Waals surface area contributed by atoms with Crippen LogP contribution in [0.15, 0.2) is 22.7 Å². The van der Waals surface area contributed by atoms with Gasteiger partial charge in [-0.15, -0.1) is 5.10 Å². The van der Waals surface area contributed by atoms with Gasteiger partial charge in [0.25, 0.3) is 11.7 Å². The van der Waals surface area contributed by atoms with Gasteiger partial charge < -0.3 is 14.8 Å². The van der Waals surface area contributed by atoms with Crippen molar-refractivity contribution in [1.29, 1.82) is 0 Å². The fourth-order valence-electron chi connectivity index (χ4n) is 2.59. The second-order valence-electron chi connectivity index (χ2n) is 6.02. The lowest BCUT2D eigenvalue weighted by Gasteiger charge is -2.22. The average Bonchev–Trinajstić information content (AvgIpc) is 3.09. The first-order valence-corrected chi connectivity index (χ1v) is 7.54. The zero-order valence-corrected chi connectivity index (χ0v) is 14.0. The molecule has 0 aliphatic heterocycles. The van der Waals surface area contributed by atoms with E-state index in [-0.39, 0.29) is 12.4 Å². The van der Waals surface area contributed by atoms with Gasteiger partial charge in [0.2, 0.25) is 5.82 Å². The van der Waals surface area contributed by atoms with E-state index in [0.717, 1.165) is 5.69 Å². The van der Waals surface area contributed by atoms with Crippen LogP contribution in [0.5, 0.6) is 0 Å². The van der Waals surface area contributed by atoms with E-state index in [4.69, 9.17) is 4.42 Å².